The molecule has 2 aromatic carbocycles. The fraction of sp³-hybridized carbons (Fsp3) is 0.357. The zero-order valence-corrected chi connectivity index (χ0v) is 19.5. The van der Waals surface area contributed by atoms with Crippen LogP contribution >= 0.6 is 0 Å². The molecule has 1 amide bonds. The topological polar surface area (TPSA) is 60.9 Å². The van der Waals surface area contributed by atoms with Crippen LogP contribution in [-0.4, -0.2) is 48.7 Å². The molecular weight excluding hydrogens is 428 g/mol. The summed E-state index contributed by atoms with van der Waals surface area (Å²) in [6.45, 7) is 1.33. The number of carbonyl (C=O) groups is 1. The van der Waals surface area contributed by atoms with Gasteiger partial charge < -0.3 is 19.1 Å². The molecule has 1 saturated carbocycles. The van der Waals surface area contributed by atoms with E-state index in [9.17, 15) is 4.79 Å². The molecule has 2 heterocycles. The van der Waals surface area contributed by atoms with Crippen LogP contribution in [0.25, 0.3) is 0 Å². The van der Waals surface area contributed by atoms with Crippen LogP contribution in [-0.2, 0) is 10.3 Å². The summed E-state index contributed by atoms with van der Waals surface area (Å²) in [6.07, 6.45) is 7.98. The molecule has 0 bridgehead atoms. The zero-order valence-electron chi connectivity index (χ0n) is 19.5. The van der Waals surface area contributed by atoms with Gasteiger partial charge in [-0.15, -0.1) is 0 Å². The average molecular weight is 459 g/mol. The van der Waals surface area contributed by atoms with Gasteiger partial charge in [0.2, 0.25) is 0 Å². The second-order valence-electron chi connectivity index (χ2n) is 8.90. The molecular formula is C28H30N2O4. The van der Waals surface area contributed by atoms with Gasteiger partial charge in [0.25, 0.3) is 5.91 Å². The first-order valence-corrected chi connectivity index (χ1v) is 11.9. The first-order chi connectivity index (χ1) is 16.7. The minimum atomic E-state index is -0.822. The van der Waals surface area contributed by atoms with Gasteiger partial charge >= 0.3 is 0 Å². The molecule has 5 rings (SSSR count). The van der Waals surface area contributed by atoms with Crippen LogP contribution in [0.15, 0.2) is 73.1 Å². The number of amides is 1. The lowest BCUT2D eigenvalue weighted by Gasteiger charge is -2.43. The number of hydrogen-bond donors (Lipinski definition) is 0. The van der Waals surface area contributed by atoms with E-state index < -0.39 is 5.60 Å². The molecule has 6 heteroatoms. The van der Waals surface area contributed by atoms with E-state index in [1.165, 1.54) is 12.8 Å². The Balaban J connectivity index is 1.54. The summed E-state index contributed by atoms with van der Waals surface area (Å²) in [5.41, 5.74) is 1.69. The highest BCUT2D eigenvalue weighted by Crippen LogP contribution is 2.41. The Hall–Kier alpha value is -3.38. The number of rotatable bonds is 6. The molecule has 1 unspecified atom stereocenters. The molecule has 1 saturated heterocycles. The predicted octanol–water partition coefficient (Wildman–Crippen LogP) is 4.83. The molecule has 2 aliphatic rings. The third-order valence-electron chi connectivity index (χ3n) is 6.78. The van der Waals surface area contributed by atoms with Gasteiger partial charge in [0, 0.05) is 18.9 Å². The van der Waals surface area contributed by atoms with E-state index in [2.05, 4.69) is 17.1 Å². The molecule has 3 aromatic rings. The zero-order chi connectivity index (χ0) is 23.4. The Labute approximate surface area is 200 Å². The maximum absolute atomic E-state index is 13.3. The number of nitrogens with zero attached hydrogens (tertiary/aromatic N) is 2. The standard InChI is InChI=1S/C28H30N2O4/c1-32-25-14-13-23(18-26(25)34-24-11-5-6-12-24)28(22-9-3-2-4-10-22)20-30(16-17-33-28)27(31)21-8-7-15-29-19-21/h2-4,7-10,13-15,18-19,24H,5-6,11-12,16-17,20H2,1H3. The number of hydrogen-bond acceptors (Lipinski definition) is 5. The van der Waals surface area contributed by atoms with Crippen molar-refractivity contribution in [2.45, 2.75) is 37.4 Å². The van der Waals surface area contributed by atoms with Crippen molar-refractivity contribution in [1.82, 2.24) is 9.88 Å². The number of morpholine rings is 1. The second kappa shape index (κ2) is 9.85. The quantitative estimate of drug-likeness (QED) is 0.530. The van der Waals surface area contributed by atoms with Crippen LogP contribution in [0.1, 0.15) is 47.2 Å². The molecule has 1 aromatic heterocycles. The van der Waals surface area contributed by atoms with Crippen LogP contribution in [0.4, 0.5) is 0 Å². The number of carbonyl (C=O) groups excluding carboxylic acids is 1. The number of methoxy groups -OCH3 is 1. The normalized spacial score (nSPS) is 20.8. The molecule has 0 radical (unpaired) electrons. The fourth-order valence-electron chi connectivity index (χ4n) is 5.00. The lowest BCUT2D eigenvalue weighted by molar-refractivity contribution is -0.0786. The summed E-state index contributed by atoms with van der Waals surface area (Å²) in [6, 6.07) is 19.7. The molecule has 6 nitrogen and oxygen atoms in total. The van der Waals surface area contributed by atoms with Gasteiger partial charge in [-0.1, -0.05) is 36.4 Å². The van der Waals surface area contributed by atoms with Crippen LogP contribution in [0.3, 0.4) is 0 Å². The molecule has 1 aliphatic heterocycles. The lowest BCUT2D eigenvalue weighted by atomic mass is 9.84. The van der Waals surface area contributed by atoms with E-state index in [0.29, 0.717) is 31.0 Å². The molecule has 34 heavy (non-hydrogen) atoms. The van der Waals surface area contributed by atoms with E-state index in [1.807, 2.05) is 41.3 Å². The minimum Gasteiger partial charge on any atom is -0.493 e. The minimum absolute atomic E-state index is 0.0485. The molecule has 1 atom stereocenters. The number of benzene rings is 2. The van der Waals surface area contributed by atoms with E-state index in [-0.39, 0.29) is 12.0 Å². The van der Waals surface area contributed by atoms with E-state index >= 15 is 0 Å². The first kappa shape index (κ1) is 22.4. The number of aromatic nitrogens is 1. The van der Waals surface area contributed by atoms with Gasteiger partial charge in [0.1, 0.15) is 5.60 Å². The van der Waals surface area contributed by atoms with Gasteiger partial charge in [-0.25, -0.2) is 0 Å². The maximum atomic E-state index is 13.3. The van der Waals surface area contributed by atoms with Gasteiger partial charge in [0.15, 0.2) is 11.5 Å². The number of ether oxygens (including phenoxy) is 3. The van der Waals surface area contributed by atoms with Gasteiger partial charge in [-0.3, -0.25) is 9.78 Å². The Morgan fingerprint density at radius 3 is 2.59 bits per heavy atom. The predicted molar refractivity (Wildman–Crippen MR) is 129 cm³/mol. The largest absolute Gasteiger partial charge is 0.493 e. The summed E-state index contributed by atoms with van der Waals surface area (Å²) in [4.78, 5) is 19.3. The van der Waals surface area contributed by atoms with Crippen LogP contribution in [0, 0.1) is 0 Å². The van der Waals surface area contributed by atoms with Gasteiger partial charge in [0.05, 0.1) is 31.9 Å². The molecule has 1 aliphatic carbocycles. The van der Waals surface area contributed by atoms with Crippen molar-refractivity contribution in [2.75, 3.05) is 26.8 Å². The molecule has 0 spiro atoms. The van der Waals surface area contributed by atoms with Gasteiger partial charge in [-0.2, -0.15) is 0 Å². The Morgan fingerprint density at radius 2 is 1.85 bits per heavy atom. The van der Waals surface area contributed by atoms with Crippen molar-refractivity contribution < 1.29 is 19.0 Å². The molecule has 0 N–H and O–H groups in total. The van der Waals surface area contributed by atoms with Crippen molar-refractivity contribution >= 4 is 5.91 Å². The highest BCUT2D eigenvalue weighted by atomic mass is 16.5. The summed E-state index contributed by atoms with van der Waals surface area (Å²) >= 11 is 0. The monoisotopic (exact) mass is 458 g/mol. The molecule has 176 valence electrons. The Bertz CT molecular complexity index is 1120. The highest BCUT2D eigenvalue weighted by Gasteiger charge is 2.42. The lowest BCUT2D eigenvalue weighted by Crippen LogP contribution is -2.52. The second-order valence-corrected chi connectivity index (χ2v) is 8.90. The third-order valence-corrected chi connectivity index (χ3v) is 6.78. The van der Waals surface area contributed by atoms with Crippen molar-refractivity contribution in [2.24, 2.45) is 0 Å². The van der Waals surface area contributed by atoms with Crippen molar-refractivity contribution in [1.29, 1.82) is 0 Å². The highest BCUT2D eigenvalue weighted by molar-refractivity contribution is 5.94. The Morgan fingerprint density at radius 1 is 1.03 bits per heavy atom. The fourth-order valence-corrected chi connectivity index (χ4v) is 5.00. The van der Waals surface area contributed by atoms with Crippen molar-refractivity contribution in [3.63, 3.8) is 0 Å². The smallest absolute Gasteiger partial charge is 0.255 e. The van der Waals surface area contributed by atoms with E-state index in [4.69, 9.17) is 14.2 Å². The van der Waals surface area contributed by atoms with Gasteiger partial charge in [-0.05, 0) is 61.1 Å². The third kappa shape index (κ3) is 4.38. The van der Waals surface area contributed by atoms with Crippen LogP contribution in [0.5, 0.6) is 11.5 Å². The summed E-state index contributed by atoms with van der Waals surface area (Å²) < 4.78 is 18.5. The summed E-state index contributed by atoms with van der Waals surface area (Å²) in [5.74, 6) is 1.38. The van der Waals surface area contributed by atoms with Crippen molar-refractivity contribution in [3.8, 4) is 11.5 Å². The van der Waals surface area contributed by atoms with E-state index in [1.54, 1.807) is 31.6 Å². The maximum Gasteiger partial charge on any atom is 0.255 e. The van der Waals surface area contributed by atoms with Crippen LogP contribution in [0.2, 0.25) is 0 Å². The SMILES string of the molecule is COc1ccc(C2(c3ccccc3)CN(C(=O)c3cccnc3)CCO2)cc1OC1CCCC1. The van der Waals surface area contributed by atoms with Crippen LogP contribution < -0.4 is 9.47 Å². The number of pyridine rings is 1. The average Bonchev–Trinajstić information content (AvgIpc) is 3.42. The molecule has 2 fully saturated rings. The van der Waals surface area contributed by atoms with Crippen molar-refractivity contribution in [3.05, 3.63) is 89.7 Å². The summed E-state index contributed by atoms with van der Waals surface area (Å²) in [5, 5.41) is 0. The summed E-state index contributed by atoms with van der Waals surface area (Å²) in [7, 11) is 1.66. The Kier molecular flexibility index (Phi) is 6.50. The van der Waals surface area contributed by atoms with E-state index in [0.717, 1.165) is 29.7 Å². The first-order valence-electron chi connectivity index (χ1n) is 11.9.